The maximum atomic E-state index is 13.4. The van der Waals surface area contributed by atoms with E-state index in [9.17, 15) is 13.2 Å². The molecule has 31 heavy (non-hydrogen) atoms. The Morgan fingerprint density at radius 2 is 1.81 bits per heavy atom. The number of thiazole rings is 1. The van der Waals surface area contributed by atoms with Gasteiger partial charge in [0.1, 0.15) is 4.21 Å². The standard InChI is InChI=1S/C22H21N3O3S3/c1-15-10-11-17(13-16(15)2)25(22-23-18-7-4-5-8-19(18)30-22)20(26)14-24(3)31(27,28)21-9-6-12-29-21/h4-13H,14H2,1-3H3. The summed E-state index contributed by atoms with van der Waals surface area (Å²) in [6, 6.07) is 16.6. The van der Waals surface area contributed by atoms with Gasteiger partial charge in [0.2, 0.25) is 5.91 Å². The highest BCUT2D eigenvalue weighted by atomic mass is 32.2. The molecule has 9 heteroatoms. The Balaban J connectivity index is 1.73. The van der Waals surface area contributed by atoms with E-state index in [4.69, 9.17) is 0 Å². The van der Waals surface area contributed by atoms with E-state index in [1.807, 2.05) is 56.3 Å². The van der Waals surface area contributed by atoms with Crippen molar-refractivity contribution in [2.75, 3.05) is 18.5 Å². The number of hydrogen-bond donors (Lipinski definition) is 0. The molecule has 0 saturated heterocycles. The number of amides is 1. The lowest BCUT2D eigenvalue weighted by Crippen LogP contribution is -2.39. The molecule has 0 atom stereocenters. The molecule has 2 aromatic heterocycles. The normalized spacial score (nSPS) is 11.9. The lowest BCUT2D eigenvalue weighted by atomic mass is 10.1. The molecular weight excluding hydrogens is 450 g/mol. The van der Waals surface area contributed by atoms with Gasteiger partial charge in [-0.25, -0.2) is 13.4 Å². The largest absolute Gasteiger partial charge is 0.272 e. The summed E-state index contributed by atoms with van der Waals surface area (Å²) < 4.78 is 27.9. The number of benzene rings is 2. The van der Waals surface area contributed by atoms with Gasteiger partial charge in [-0.15, -0.1) is 11.3 Å². The van der Waals surface area contributed by atoms with Crippen molar-refractivity contribution in [3.63, 3.8) is 0 Å². The number of nitrogens with zero attached hydrogens (tertiary/aromatic N) is 3. The predicted octanol–water partition coefficient (Wildman–Crippen LogP) is 4.96. The summed E-state index contributed by atoms with van der Waals surface area (Å²) in [6.07, 6.45) is 0. The molecule has 2 heterocycles. The third kappa shape index (κ3) is 4.27. The van der Waals surface area contributed by atoms with Crippen LogP contribution < -0.4 is 4.90 Å². The molecule has 1 amide bonds. The summed E-state index contributed by atoms with van der Waals surface area (Å²) >= 11 is 2.53. The summed E-state index contributed by atoms with van der Waals surface area (Å²) in [4.78, 5) is 19.6. The zero-order valence-electron chi connectivity index (χ0n) is 17.3. The Bertz CT molecular complexity index is 1310. The number of rotatable bonds is 6. The van der Waals surface area contributed by atoms with Crippen LogP contribution >= 0.6 is 22.7 Å². The van der Waals surface area contributed by atoms with E-state index in [1.165, 1.54) is 29.4 Å². The number of fused-ring (bicyclic) bond motifs is 1. The number of aryl methyl sites for hydroxylation is 2. The Hall–Kier alpha value is -2.59. The number of likely N-dealkylation sites (N-methyl/N-ethyl adjacent to an activating group) is 1. The van der Waals surface area contributed by atoms with Crippen LogP contribution in [0.15, 0.2) is 64.2 Å². The van der Waals surface area contributed by atoms with E-state index >= 15 is 0 Å². The number of hydrogen-bond acceptors (Lipinski definition) is 6. The third-order valence-electron chi connectivity index (χ3n) is 4.99. The Morgan fingerprint density at radius 1 is 1.03 bits per heavy atom. The van der Waals surface area contributed by atoms with Crippen molar-refractivity contribution >= 4 is 59.6 Å². The molecule has 0 saturated carbocycles. The van der Waals surface area contributed by atoms with Gasteiger partial charge in [0.15, 0.2) is 5.13 Å². The van der Waals surface area contributed by atoms with E-state index in [0.29, 0.717) is 10.8 Å². The minimum atomic E-state index is -3.74. The number of sulfonamides is 1. The topological polar surface area (TPSA) is 70.6 Å². The fourth-order valence-electron chi connectivity index (χ4n) is 3.09. The molecule has 0 unspecified atom stereocenters. The molecule has 2 aromatic carbocycles. The maximum Gasteiger partial charge on any atom is 0.252 e. The highest BCUT2D eigenvalue weighted by Gasteiger charge is 2.29. The van der Waals surface area contributed by atoms with E-state index in [-0.39, 0.29) is 16.7 Å². The molecule has 0 fully saturated rings. The number of carbonyl (C=O) groups excluding carboxylic acids is 1. The summed E-state index contributed by atoms with van der Waals surface area (Å²) in [5, 5.41) is 2.21. The molecule has 0 aliphatic heterocycles. The molecule has 0 bridgehead atoms. The molecule has 0 spiro atoms. The summed E-state index contributed by atoms with van der Waals surface area (Å²) in [5.74, 6) is -0.370. The summed E-state index contributed by atoms with van der Waals surface area (Å²) in [7, 11) is -2.32. The van der Waals surface area contributed by atoms with E-state index < -0.39 is 10.0 Å². The van der Waals surface area contributed by atoms with Gasteiger partial charge >= 0.3 is 0 Å². The molecule has 0 aliphatic rings. The van der Waals surface area contributed by atoms with Crippen LogP contribution in [0.5, 0.6) is 0 Å². The lowest BCUT2D eigenvalue weighted by Gasteiger charge is -2.24. The van der Waals surface area contributed by atoms with Crippen LogP contribution in [0.3, 0.4) is 0 Å². The fourth-order valence-corrected chi connectivity index (χ4v) is 6.42. The SMILES string of the molecule is Cc1ccc(N(C(=O)CN(C)S(=O)(=O)c2cccs2)c2nc3ccccc3s2)cc1C. The first-order valence-corrected chi connectivity index (χ1v) is 12.7. The molecule has 4 aromatic rings. The molecule has 6 nitrogen and oxygen atoms in total. The Labute approximate surface area is 189 Å². The van der Waals surface area contributed by atoms with E-state index in [1.54, 1.807) is 11.4 Å². The Morgan fingerprint density at radius 3 is 2.48 bits per heavy atom. The average Bonchev–Trinajstić information content (AvgIpc) is 3.41. The molecule has 0 aliphatic carbocycles. The van der Waals surface area contributed by atoms with Gasteiger partial charge in [0.05, 0.1) is 22.4 Å². The third-order valence-corrected chi connectivity index (χ3v) is 9.19. The van der Waals surface area contributed by atoms with E-state index in [2.05, 4.69) is 4.98 Å². The monoisotopic (exact) mass is 471 g/mol. The number of thiophene rings is 1. The van der Waals surface area contributed by atoms with Crippen LogP contribution in [-0.2, 0) is 14.8 Å². The van der Waals surface area contributed by atoms with Gasteiger partial charge in [-0.2, -0.15) is 4.31 Å². The number of carbonyl (C=O) groups is 1. The second-order valence-electron chi connectivity index (χ2n) is 7.16. The van der Waals surface area contributed by atoms with Gasteiger partial charge in [0.25, 0.3) is 10.0 Å². The van der Waals surface area contributed by atoms with Gasteiger partial charge in [0, 0.05) is 7.05 Å². The van der Waals surface area contributed by atoms with Crippen molar-refractivity contribution in [2.24, 2.45) is 0 Å². The van der Waals surface area contributed by atoms with Crippen molar-refractivity contribution in [1.82, 2.24) is 9.29 Å². The molecule has 0 N–H and O–H groups in total. The van der Waals surface area contributed by atoms with Crippen LogP contribution in [0.2, 0.25) is 0 Å². The summed E-state index contributed by atoms with van der Waals surface area (Å²) in [5.41, 5.74) is 3.60. The van der Waals surface area contributed by atoms with Crippen molar-refractivity contribution in [3.05, 3.63) is 71.1 Å². The van der Waals surface area contributed by atoms with Crippen molar-refractivity contribution in [2.45, 2.75) is 18.1 Å². The van der Waals surface area contributed by atoms with Crippen molar-refractivity contribution < 1.29 is 13.2 Å². The van der Waals surface area contributed by atoms with Crippen molar-refractivity contribution in [1.29, 1.82) is 0 Å². The molecule has 0 radical (unpaired) electrons. The molecule has 160 valence electrons. The quantitative estimate of drug-likeness (QED) is 0.399. The minimum Gasteiger partial charge on any atom is -0.272 e. The predicted molar refractivity (Wildman–Crippen MR) is 127 cm³/mol. The molecule has 4 rings (SSSR count). The summed E-state index contributed by atoms with van der Waals surface area (Å²) in [6.45, 7) is 3.68. The van der Waals surface area contributed by atoms with E-state index in [0.717, 1.165) is 37.0 Å². The first-order chi connectivity index (χ1) is 14.8. The second kappa shape index (κ2) is 8.51. The van der Waals surface area contributed by atoms with Gasteiger partial charge < -0.3 is 0 Å². The number of anilines is 2. The van der Waals surface area contributed by atoms with Gasteiger partial charge in [-0.3, -0.25) is 9.69 Å². The average molecular weight is 472 g/mol. The number of para-hydroxylation sites is 1. The zero-order valence-corrected chi connectivity index (χ0v) is 19.7. The minimum absolute atomic E-state index is 0.209. The highest BCUT2D eigenvalue weighted by Crippen LogP contribution is 2.34. The first-order valence-electron chi connectivity index (χ1n) is 9.53. The zero-order chi connectivity index (χ0) is 22.2. The van der Waals surface area contributed by atoms with Gasteiger partial charge in [-0.05, 0) is 60.7 Å². The van der Waals surface area contributed by atoms with Crippen LogP contribution in [0.1, 0.15) is 11.1 Å². The van der Waals surface area contributed by atoms with Crippen LogP contribution in [0.4, 0.5) is 10.8 Å². The lowest BCUT2D eigenvalue weighted by molar-refractivity contribution is -0.117. The smallest absolute Gasteiger partial charge is 0.252 e. The molecular formula is C22H21N3O3S3. The van der Waals surface area contributed by atoms with Crippen LogP contribution in [-0.4, -0.2) is 37.2 Å². The van der Waals surface area contributed by atoms with Crippen molar-refractivity contribution in [3.8, 4) is 0 Å². The first kappa shape index (κ1) is 21.6. The highest BCUT2D eigenvalue weighted by molar-refractivity contribution is 7.91. The Kier molecular flexibility index (Phi) is 5.94. The number of aromatic nitrogens is 1. The van der Waals surface area contributed by atoms with Crippen LogP contribution in [0.25, 0.3) is 10.2 Å². The van der Waals surface area contributed by atoms with Crippen LogP contribution in [0, 0.1) is 13.8 Å². The fraction of sp³-hybridized carbons (Fsp3) is 0.182. The van der Waals surface area contributed by atoms with Gasteiger partial charge in [-0.1, -0.05) is 35.6 Å². The second-order valence-corrected chi connectivity index (χ2v) is 11.4. The maximum absolute atomic E-state index is 13.4.